The second kappa shape index (κ2) is 12.1. The van der Waals surface area contributed by atoms with Crippen molar-refractivity contribution >= 4 is 89.8 Å². The van der Waals surface area contributed by atoms with Crippen LogP contribution in [0.15, 0.2) is 65.6 Å². The van der Waals surface area contributed by atoms with Crippen LogP contribution in [0, 0.1) is 3.57 Å². The van der Waals surface area contributed by atoms with Gasteiger partial charge in [-0.15, -0.1) is 0 Å². The Hall–Kier alpha value is -1.90. The normalized spacial score (nSPS) is 15.2. The summed E-state index contributed by atoms with van der Waals surface area (Å²) >= 11 is 14.3. The number of hydrogen-bond donors (Lipinski definition) is 1. The van der Waals surface area contributed by atoms with Gasteiger partial charge < -0.3 is 10.2 Å². The van der Waals surface area contributed by atoms with Crippen molar-refractivity contribution in [3.05, 3.63) is 79.8 Å². The third-order valence-corrected chi connectivity index (χ3v) is 9.85. The van der Waals surface area contributed by atoms with Crippen molar-refractivity contribution in [3.8, 4) is 0 Å². The molecule has 1 amide bonds. The lowest BCUT2D eigenvalue weighted by molar-refractivity contribution is 0.102. The molecular weight excluding hydrogens is 682 g/mol. The summed E-state index contributed by atoms with van der Waals surface area (Å²) < 4.78 is 41.0. The van der Waals surface area contributed by atoms with Crippen molar-refractivity contribution in [2.75, 3.05) is 54.0 Å². The highest BCUT2D eigenvalue weighted by molar-refractivity contribution is 14.1. The fourth-order valence-electron chi connectivity index (χ4n) is 3.98. The molecule has 38 heavy (non-hydrogen) atoms. The molecule has 202 valence electrons. The highest BCUT2D eigenvalue weighted by atomic mass is 127. The van der Waals surface area contributed by atoms with Crippen LogP contribution < -0.4 is 14.5 Å². The van der Waals surface area contributed by atoms with Crippen LogP contribution in [0.1, 0.15) is 10.4 Å². The van der Waals surface area contributed by atoms with Gasteiger partial charge in [-0.05, 0) is 83.3 Å². The van der Waals surface area contributed by atoms with Gasteiger partial charge in [0.25, 0.3) is 5.91 Å². The SMILES string of the molecule is CN(c1ccc(I)cc1C(=O)Nc1ccc(S(=O)N2CCN(c3cc(Cl)cc(Cl)c3)CC2)cc1)S(C)(=O)=O. The lowest BCUT2D eigenvalue weighted by Gasteiger charge is -2.35. The molecule has 4 rings (SSSR count). The minimum absolute atomic E-state index is 0.233. The average molecular weight is 707 g/mol. The van der Waals surface area contributed by atoms with Crippen LogP contribution in [0.3, 0.4) is 0 Å². The molecular formula is C25H25Cl2IN4O4S2. The monoisotopic (exact) mass is 706 g/mol. The first-order valence-corrected chi connectivity index (χ1v) is 16.2. The van der Waals surface area contributed by atoms with E-state index in [0.717, 1.165) is 19.8 Å². The van der Waals surface area contributed by atoms with Gasteiger partial charge in [0.05, 0.1) is 22.4 Å². The number of benzene rings is 3. The average Bonchev–Trinajstić information content (AvgIpc) is 2.87. The van der Waals surface area contributed by atoms with Gasteiger partial charge in [0.2, 0.25) is 10.0 Å². The standard InChI is InChI=1S/C25H25Cl2IN4O4S2/c1-30(38(2,35)36)24-8-3-19(28)16-23(24)25(33)29-20-4-6-22(7-5-20)37(34)32-11-9-31(10-12-32)21-14-17(26)13-18(27)15-21/h3-8,13-16H,9-12H2,1-2H3,(H,29,33). The molecule has 13 heteroatoms. The minimum atomic E-state index is -3.55. The second-order valence-corrected chi connectivity index (χ2v) is 14.3. The van der Waals surface area contributed by atoms with E-state index < -0.39 is 26.9 Å². The van der Waals surface area contributed by atoms with Crippen LogP contribution >= 0.6 is 45.8 Å². The Kier molecular flexibility index (Phi) is 9.26. The molecule has 1 heterocycles. The smallest absolute Gasteiger partial charge is 0.257 e. The number of sulfonamides is 1. The third-order valence-electron chi connectivity index (χ3n) is 6.04. The van der Waals surface area contributed by atoms with Crippen LogP contribution in [0.25, 0.3) is 0 Å². The Morgan fingerprint density at radius 2 is 1.58 bits per heavy atom. The number of carbonyl (C=O) groups excluding carboxylic acids is 1. The number of rotatable bonds is 7. The van der Waals surface area contributed by atoms with Crippen LogP contribution in [0.4, 0.5) is 17.1 Å². The van der Waals surface area contributed by atoms with Gasteiger partial charge in [0.15, 0.2) is 0 Å². The summed E-state index contributed by atoms with van der Waals surface area (Å²) in [6.45, 7) is 2.55. The first kappa shape index (κ1) is 29.1. The molecule has 8 nitrogen and oxygen atoms in total. The van der Waals surface area contributed by atoms with E-state index in [-0.39, 0.29) is 11.3 Å². The van der Waals surface area contributed by atoms with Gasteiger partial charge in [-0.25, -0.2) is 16.9 Å². The molecule has 0 bridgehead atoms. The summed E-state index contributed by atoms with van der Waals surface area (Å²) in [4.78, 5) is 15.8. The zero-order chi connectivity index (χ0) is 27.6. The maximum Gasteiger partial charge on any atom is 0.257 e. The molecule has 3 aromatic carbocycles. The quantitative estimate of drug-likeness (QED) is 0.346. The van der Waals surface area contributed by atoms with E-state index >= 15 is 0 Å². The molecule has 1 aliphatic rings. The molecule has 3 aromatic rings. The summed E-state index contributed by atoms with van der Waals surface area (Å²) in [6.07, 6.45) is 1.08. The van der Waals surface area contributed by atoms with Gasteiger partial charge in [-0.2, -0.15) is 0 Å². The largest absolute Gasteiger partial charge is 0.369 e. The lowest BCUT2D eigenvalue weighted by atomic mass is 10.1. The van der Waals surface area contributed by atoms with E-state index in [1.807, 2.05) is 16.4 Å². The van der Waals surface area contributed by atoms with E-state index in [4.69, 9.17) is 23.2 Å². The molecule has 1 saturated heterocycles. The fraction of sp³-hybridized carbons (Fsp3) is 0.240. The van der Waals surface area contributed by atoms with Crippen molar-refractivity contribution < 1.29 is 17.4 Å². The number of anilines is 3. The number of carbonyl (C=O) groups is 1. The minimum Gasteiger partial charge on any atom is -0.369 e. The first-order valence-electron chi connectivity index (χ1n) is 11.4. The molecule has 1 aliphatic heterocycles. The number of nitrogens with one attached hydrogen (secondary N) is 1. The van der Waals surface area contributed by atoms with Gasteiger partial charge >= 0.3 is 0 Å². The van der Waals surface area contributed by atoms with Crippen LogP contribution in [-0.2, 0) is 21.0 Å². The van der Waals surface area contributed by atoms with Crippen LogP contribution in [0.2, 0.25) is 10.0 Å². The number of piperazine rings is 1. The fourth-order valence-corrected chi connectivity index (χ4v) is 6.66. The van der Waals surface area contributed by atoms with Crippen molar-refractivity contribution in [3.63, 3.8) is 0 Å². The summed E-state index contributed by atoms with van der Waals surface area (Å²) in [6, 6.07) is 17.2. The van der Waals surface area contributed by atoms with Crippen molar-refractivity contribution in [1.29, 1.82) is 0 Å². The summed E-state index contributed by atoms with van der Waals surface area (Å²) in [5.41, 5.74) is 1.95. The predicted octanol–water partition coefficient (Wildman–Crippen LogP) is 5.09. The van der Waals surface area contributed by atoms with Gasteiger partial charge in [-0.1, -0.05) is 23.2 Å². The van der Waals surface area contributed by atoms with E-state index in [9.17, 15) is 17.4 Å². The first-order chi connectivity index (χ1) is 17.9. The Balaban J connectivity index is 1.41. The zero-order valence-electron chi connectivity index (χ0n) is 20.5. The molecule has 0 aromatic heterocycles. The topological polar surface area (TPSA) is 90.0 Å². The molecule has 0 radical (unpaired) electrons. The molecule has 1 fully saturated rings. The van der Waals surface area contributed by atoms with E-state index in [1.165, 1.54) is 7.05 Å². The molecule has 1 unspecified atom stereocenters. The number of nitrogens with zero attached hydrogens (tertiary/aromatic N) is 3. The lowest BCUT2D eigenvalue weighted by Crippen LogP contribution is -2.46. The highest BCUT2D eigenvalue weighted by Gasteiger charge is 2.24. The van der Waals surface area contributed by atoms with Crippen molar-refractivity contribution in [2.24, 2.45) is 0 Å². The molecule has 0 spiro atoms. The molecule has 0 saturated carbocycles. The highest BCUT2D eigenvalue weighted by Crippen LogP contribution is 2.28. The predicted molar refractivity (Wildman–Crippen MR) is 163 cm³/mol. The zero-order valence-corrected chi connectivity index (χ0v) is 25.8. The number of hydrogen-bond acceptors (Lipinski definition) is 5. The number of halogens is 3. The maximum atomic E-state index is 13.2. The summed E-state index contributed by atoms with van der Waals surface area (Å²) in [5.74, 6) is -0.444. The summed E-state index contributed by atoms with van der Waals surface area (Å²) in [5, 5.41) is 3.96. The van der Waals surface area contributed by atoms with E-state index in [2.05, 4.69) is 32.8 Å². The second-order valence-electron chi connectivity index (χ2n) is 8.66. The maximum absolute atomic E-state index is 13.2. The van der Waals surface area contributed by atoms with Gasteiger partial charge in [0.1, 0.15) is 11.0 Å². The van der Waals surface area contributed by atoms with Crippen LogP contribution in [-0.4, -0.2) is 62.3 Å². The Bertz CT molecular complexity index is 1460. The molecule has 0 aliphatic carbocycles. The van der Waals surface area contributed by atoms with E-state index in [0.29, 0.717) is 46.8 Å². The van der Waals surface area contributed by atoms with Gasteiger partial charge in [-0.3, -0.25) is 9.10 Å². The van der Waals surface area contributed by atoms with Crippen molar-refractivity contribution in [1.82, 2.24) is 4.31 Å². The Labute approximate surface area is 248 Å². The third kappa shape index (κ3) is 6.99. The molecule has 1 N–H and O–H groups in total. The molecule has 1 atom stereocenters. The van der Waals surface area contributed by atoms with Crippen LogP contribution in [0.5, 0.6) is 0 Å². The van der Waals surface area contributed by atoms with Gasteiger partial charge in [0, 0.05) is 58.2 Å². The summed E-state index contributed by atoms with van der Waals surface area (Å²) in [7, 11) is -3.51. The number of amides is 1. The van der Waals surface area contributed by atoms with Crippen molar-refractivity contribution in [2.45, 2.75) is 4.90 Å². The Morgan fingerprint density at radius 1 is 0.974 bits per heavy atom. The van der Waals surface area contributed by atoms with E-state index in [1.54, 1.807) is 48.5 Å². The Morgan fingerprint density at radius 3 is 2.16 bits per heavy atom.